The minimum atomic E-state index is -0.833. The average Bonchev–Trinajstić information content (AvgIpc) is 3.50. The third-order valence-electron chi connectivity index (χ3n) is 4.90. The van der Waals surface area contributed by atoms with Crippen molar-refractivity contribution in [2.75, 3.05) is 5.32 Å². The van der Waals surface area contributed by atoms with Gasteiger partial charge in [-0.2, -0.15) is 0 Å². The summed E-state index contributed by atoms with van der Waals surface area (Å²) in [7, 11) is 0. The largest absolute Gasteiger partial charge is 0.454 e. The van der Waals surface area contributed by atoms with Crippen LogP contribution in [-0.2, 0) is 0 Å². The molecule has 0 saturated heterocycles. The summed E-state index contributed by atoms with van der Waals surface area (Å²) in [6.45, 7) is 0. The fourth-order valence-corrected chi connectivity index (χ4v) is 3.89. The molecule has 0 aliphatic heterocycles. The standard InChI is InChI=1S/C21H14Cl2N4O4/c22-15-7-11(25-20(28)19-26-21(29)31-27-19)8-16(23)18(15)30-12-3-4-17-14(9-12)13(5-6-24-17)10-1-2-10/h3-10H,1-2H2,(H,25,28)(H,26,27,29). The first-order chi connectivity index (χ1) is 15.0. The number of rotatable bonds is 5. The van der Waals surface area contributed by atoms with Crippen LogP contribution in [0.2, 0.25) is 10.0 Å². The minimum absolute atomic E-state index is 0.199. The van der Waals surface area contributed by atoms with Crippen molar-refractivity contribution >= 4 is 45.7 Å². The van der Waals surface area contributed by atoms with E-state index in [4.69, 9.17) is 27.9 Å². The topological polar surface area (TPSA) is 110 Å². The highest BCUT2D eigenvalue weighted by molar-refractivity contribution is 6.37. The summed E-state index contributed by atoms with van der Waals surface area (Å²) in [5, 5.41) is 7.30. The van der Waals surface area contributed by atoms with Gasteiger partial charge in [-0.05, 0) is 65.9 Å². The van der Waals surface area contributed by atoms with Gasteiger partial charge in [0.1, 0.15) is 5.75 Å². The van der Waals surface area contributed by atoms with Crippen molar-refractivity contribution in [3.63, 3.8) is 0 Å². The zero-order valence-corrected chi connectivity index (χ0v) is 17.3. The van der Waals surface area contributed by atoms with Gasteiger partial charge in [0, 0.05) is 17.3 Å². The Morgan fingerprint density at radius 2 is 1.94 bits per heavy atom. The molecular formula is C21H14Cl2N4O4. The zero-order chi connectivity index (χ0) is 21.5. The van der Waals surface area contributed by atoms with E-state index in [1.807, 2.05) is 24.4 Å². The second-order valence-corrected chi connectivity index (χ2v) is 7.94. The van der Waals surface area contributed by atoms with Crippen LogP contribution in [0.25, 0.3) is 10.9 Å². The van der Waals surface area contributed by atoms with Crippen LogP contribution in [-0.4, -0.2) is 21.0 Å². The Balaban J connectivity index is 1.41. The summed E-state index contributed by atoms with van der Waals surface area (Å²) in [5.41, 5.74) is 2.46. The maximum absolute atomic E-state index is 12.1. The number of carbonyl (C=O) groups is 1. The molecule has 1 aliphatic carbocycles. The highest BCUT2D eigenvalue weighted by Gasteiger charge is 2.25. The van der Waals surface area contributed by atoms with Crippen LogP contribution in [0.4, 0.5) is 5.69 Å². The fourth-order valence-electron chi connectivity index (χ4n) is 3.33. The van der Waals surface area contributed by atoms with E-state index in [9.17, 15) is 9.59 Å². The van der Waals surface area contributed by atoms with E-state index in [2.05, 4.69) is 25.0 Å². The number of fused-ring (bicyclic) bond motifs is 1. The molecule has 1 saturated carbocycles. The summed E-state index contributed by atoms with van der Waals surface area (Å²) >= 11 is 12.7. The summed E-state index contributed by atoms with van der Waals surface area (Å²) in [6.07, 6.45) is 4.18. The SMILES string of the molecule is O=C(Nc1cc(Cl)c(Oc2ccc3nccc(C4CC4)c3c2)c(Cl)c1)c1noc(=O)[nH]1. The van der Waals surface area contributed by atoms with Crippen molar-refractivity contribution in [3.05, 3.63) is 74.6 Å². The van der Waals surface area contributed by atoms with Crippen LogP contribution in [0.3, 0.4) is 0 Å². The predicted molar refractivity (Wildman–Crippen MR) is 115 cm³/mol. The normalized spacial score (nSPS) is 13.4. The zero-order valence-electron chi connectivity index (χ0n) is 15.8. The molecule has 10 heteroatoms. The molecular weight excluding hydrogens is 443 g/mol. The number of benzene rings is 2. The first-order valence-corrected chi connectivity index (χ1v) is 10.2. The summed E-state index contributed by atoms with van der Waals surface area (Å²) < 4.78 is 10.3. The van der Waals surface area contributed by atoms with Crippen molar-refractivity contribution in [3.8, 4) is 11.5 Å². The number of nitrogens with zero attached hydrogens (tertiary/aromatic N) is 2. The molecule has 1 fully saturated rings. The molecule has 2 heterocycles. The molecule has 0 radical (unpaired) electrons. The molecule has 1 amide bonds. The Bertz CT molecular complexity index is 1350. The van der Waals surface area contributed by atoms with E-state index in [1.165, 1.54) is 30.5 Å². The van der Waals surface area contributed by atoms with Gasteiger partial charge in [-0.3, -0.25) is 19.3 Å². The second-order valence-electron chi connectivity index (χ2n) is 7.12. The smallest absolute Gasteiger partial charge is 0.439 e. The van der Waals surface area contributed by atoms with Crippen LogP contribution in [0.1, 0.15) is 34.9 Å². The molecule has 0 bridgehead atoms. The fraction of sp³-hybridized carbons (Fsp3) is 0.143. The number of ether oxygens (including phenoxy) is 1. The molecule has 31 heavy (non-hydrogen) atoms. The van der Waals surface area contributed by atoms with Gasteiger partial charge in [-0.15, -0.1) is 0 Å². The van der Waals surface area contributed by atoms with E-state index in [-0.39, 0.29) is 21.6 Å². The number of aromatic nitrogens is 3. The quantitative estimate of drug-likeness (QED) is 0.430. The minimum Gasteiger partial charge on any atom is -0.454 e. The lowest BCUT2D eigenvalue weighted by molar-refractivity contribution is 0.101. The van der Waals surface area contributed by atoms with Gasteiger partial charge in [-0.25, -0.2) is 4.79 Å². The molecule has 0 atom stereocenters. The lowest BCUT2D eigenvalue weighted by Gasteiger charge is -2.13. The van der Waals surface area contributed by atoms with Gasteiger partial charge in [0.25, 0.3) is 5.91 Å². The molecule has 2 aromatic heterocycles. The summed E-state index contributed by atoms with van der Waals surface area (Å²) in [4.78, 5) is 29.7. The monoisotopic (exact) mass is 456 g/mol. The maximum atomic E-state index is 12.1. The molecule has 0 spiro atoms. The highest BCUT2D eigenvalue weighted by Crippen LogP contribution is 2.44. The van der Waals surface area contributed by atoms with Crippen molar-refractivity contribution < 1.29 is 14.1 Å². The van der Waals surface area contributed by atoms with E-state index in [1.54, 1.807) is 6.07 Å². The van der Waals surface area contributed by atoms with Crippen LogP contribution >= 0.6 is 23.2 Å². The molecule has 1 aliphatic rings. The van der Waals surface area contributed by atoms with Crippen molar-refractivity contribution in [2.24, 2.45) is 0 Å². The van der Waals surface area contributed by atoms with Gasteiger partial charge < -0.3 is 10.1 Å². The van der Waals surface area contributed by atoms with Gasteiger partial charge in [0.15, 0.2) is 5.75 Å². The number of hydrogen-bond donors (Lipinski definition) is 2. The Hall–Kier alpha value is -3.36. The van der Waals surface area contributed by atoms with Crippen molar-refractivity contribution in [1.29, 1.82) is 0 Å². The number of hydrogen-bond acceptors (Lipinski definition) is 6. The van der Waals surface area contributed by atoms with Crippen molar-refractivity contribution in [1.82, 2.24) is 15.1 Å². The number of H-pyrrole nitrogens is 1. The summed E-state index contributed by atoms with van der Waals surface area (Å²) in [6, 6.07) is 10.6. The van der Waals surface area contributed by atoms with Crippen LogP contribution in [0, 0.1) is 0 Å². The molecule has 2 aromatic carbocycles. The van der Waals surface area contributed by atoms with Gasteiger partial charge in [-0.1, -0.05) is 23.2 Å². The number of aromatic amines is 1. The third kappa shape index (κ3) is 3.99. The van der Waals surface area contributed by atoms with E-state index >= 15 is 0 Å². The Morgan fingerprint density at radius 1 is 1.16 bits per heavy atom. The number of amides is 1. The van der Waals surface area contributed by atoms with E-state index < -0.39 is 11.7 Å². The second kappa shape index (κ2) is 7.72. The maximum Gasteiger partial charge on any atom is 0.439 e. The lowest BCUT2D eigenvalue weighted by atomic mass is 10.1. The molecule has 0 unspecified atom stereocenters. The molecule has 2 N–H and O–H groups in total. The van der Waals surface area contributed by atoms with Crippen molar-refractivity contribution in [2.45, 2.75) is 18.8 Å². The summed E-state index contributed by atoms with van der Waals surface area (Å²) in [5.74, 6) is -0.387. The van der Waals surface area contributed by atoms with Gasteiger partial charge in [0.05, 0.1) is 15.6 Å². The lowest BCUT2D eigenvalue weighted by Crippen LogP contribution is -2.14. The van der Waals surface area contributed by atoms with Gasteiger partial charge >= 0.3 is 5.76 Å². The van der Waals surface area contributed by atoms with E-state index in [0.29, 0.717) is 17.4 Å². The molecule has 5 rings (SSSR count). The molecule has 4 aromatic rings. The first kappa shape index (κ1) is 19.6. The van der Waals surface area contributed by atoms with E-state index in [0.717, 1.165) is 10.9 Å². The van der Waals surface area contributed by atoms with Crippen LogP contribution in [0.5, 0.6) is 11.5 Å². The number of carbonyl (C=O) groups excluding carboxylic acids is 1. The third-order valence-corrected chi connectivity index (χ3v) is 5.46. The number of anilines is 1. The predicted octanol–water partition coefficient (Wildman–Crippen LogP) is 5.14. The Labute approximate surface area is 185 Å². The van der Waals surface area contributed by atoms with Crippen LogP contribution < -0.4 is 15.8 Å². The Morgan fingerprint density at radius 3 is 2.61 bits per heavy atom. The number of pyridine rings is 1. The Kier molecular flexibility index (Phi) is 4.88. The number of halogens is 2. The first-order valence-electron chi connectivity index (χ1n) is 9.41. The number of nitrogens with one attached hydrogen (secondary N) is 2. The molecule has 8 nitrogen and oxygen atoms in total. The highest BCUT2D eigenvalue weighted by atomic mass is 35.5. The average molecular weight is 457 g/mol. The van der Waals surface area contributed by atoms with Crippen LogP contribution in [0.15, 0.2) is 51.9 Å². The molecule has 156 valence electrons. The van der Waals surface area contributed by atoms with Gasteiger partial charge in [0.2, 0.25) is 5.82 Å².